The molecule has 1 aliphatic carbocycles. The second-order valence-electron chi connectivity index (χ2n) is 5.08. The summed E-state index contributed by atoms with van der Waals surface area (Å²) < 4.78 is 30.0. The topological polar surface area (TPSA) is 21.3 Å². The summed E-state index contributed by atoms with van der Waals surface area (Å²) in [5.41, 5.74) is 1.28. The summed E-state index contributed by atoms with van der Waals surface area (Å²) in [5, 5.41) is 3.18. The number of rotatable bonds is 5. The molecule has 0 aromatic heterocycles. The number of benzene rings is 1. The van der Waals surface area contributed by atoms with E-state index >= 15 is 0 Å². The van der Waals surface area contributed by atoms with E-state index < -0.39 is 13.0 Å². The van der Waals surface area contributed by atoms with E-state index in [0.29, 0.717) is 5.92 Å². The Balaban J connectivity index is 1.99. The molecule has 3 unspecified atom stereocenters. The third-order valence-corrected chi connectivity index (χ3v) is 3.87. The molecule has 1 saturated carbocycles. The Labute approximate surface area is 113 Å². The van der Waals surface area contributed by atoms with Gasteiger partial charge in [0, 0.05) is 6.04 Å². The van der Waals surface area contributed by atoms with Gasteiger partial charge in [0.1, 0.15) is 6.61 Å². The van der Waals surface area contributed by atoms with Crippen LogP contribution in [0, 0.1) is 0 Å². The number of ether oxygens (including phenoxy) is 1. The van der Waals surface area contributed by atoms with Crippen molar-refractivity contribution in [2.45, 2.75) is 43.8 Å². The molecule has 1 N–H and O–H groups in total. The van der Waals surface area contributed by atoms with E-state index in [4.69, 9.17) is 4.74 Å². The van der Waals surface area contributed by atoms with E-state index in [1.807, 2.05) is 25.2 Å². The zero-order valence-corrected chi connectivity index (χ0v) is 11.2. The van der Waals surface area contributed by atoms with Gasteiger partial charge in [0.25, 0.3) is 6.43 Å². The molecule has 2 rings (SSSR count). The monoisotopic (exact) mass is 269 g/mol. The number of alkyl halides is 2. The van der Waals surface area contributed by atoms with Crippen LogP contribution in [0.25, 0.3) is 0 Å². The van der Waals surface area contributed by atoms with Gasteiger partial charge in [-0.15, -0.1) is 0 Å². The van der Waals surface area contributed by atoms with Crippen molar-refractivity contribution >= 4 is 0 Å². The van der Waals surface area contributed by atoms with Gasteiger partial charge in [-0.2, -0.15) is 0 Å². The fraction of sp³-hybridized carbons (Fsp3) is 0.600. The molecule has 3 atom stereocenters. The molecule has 0 aliphatic heterocycles. The highest BCUT2D eigenvalue weighted by Crippen LogP contribution is 2.34. The average molecular weight is 269 g/mol. The van der Waals surface area contributed by atoms with E-state index in [2.05, 4.69) is 17.4 Å². The third kappa shape index (κ3) is 3.98. The van der Waals surface area contributed by atoms with Crippen molar-refractivity contribution < 1.29 is 13.5 Å². The summed E-state index contributed by atoms with van der Waals surface area (Å²) >= 11 is 0. The van der Waals surface area contributed by atoms with E-state index in [0.717, 1.165) is 19.3 Å². The number of likely N-dealkylation sites (N-methyl/N-ethyl adjacent to an activating group) is 1. The quantitative estimate of drug-likeness (QED) is 0.886. The number of hydrogen-bond donors (Lipinski definition) is 1. The maximum atomic E-state index is 12.3. The lowest BCUT2D eigenvalue weighted by molar-refractivity contribution is -0.0517. The number of halogens is 2. The summed E-state index contributed by atoms with van der Waals surface area (Å²) in [6.07, 6.45) is 0.323. The van der Waals surface area contributed by atoms with Crippen molar-refractivity contribution in [1.82, 2.24) is 5.32 Å². The van der Waals surface area contributed by atoms with Gasteiger partial charge in [0.05, 0.1) is 6.10 Å². The van der Waals surface area contributed by atoms with Gasteiger partial charge in [0.2, 0.25) is 0 Å². The Morgan fingerprint density at radius 1 is 1.26 bits per heavy atom. The summed E-state index contributed by atoms with van der Waals surface area (Å²) in [6.45, 7) is -0.468. The molecule has 1 aliphatic rings. The third-order valence-electron chi connectivity index (χ3n) is 3.87. The van der Waals surface area contributed by atoms with E-state index in [1.165, 1.54) is 5.56 Å². The SMILES string of the molecule is CNC1CCC(c2ccccc2)CC1OCC(F)F. The summed E-state index contributed by atoms with van der Waals surface area (Å²) in [5.74, 6) is 0.411. The van der Waals surface area contributed by atoms with Crippen LogP contribution in [0.5, 0.6) is 0 Å². The molecule has 1 fully saturated rings. The molecule has 0 saturated heterocycles. The lowest BCUT2D eigenvalue weighted by Gasteiger charge is -2.36. The molecule has 0 heterocycles. The minimum Gasteiger partial charge on any atom is -0.371 e. The van der Waals surface area contributed by atoms with Crippen molar-refractivity contribution in [3.05, 3.63) is 35.9 Å². The first kappa shape index (κ1) is 14.4. The first-order valence-electron chi connectivity index (χ1n) is 6.82. The summed E-state index contributed by atoms with van der Waals surface area (Å²) in [6, 6.07) is 10.4. The fourth-order valence-corrected chi connectivity index (χ4v) is 2.87. The molecule has 2 nitrogen and oxygen atoms in total. The van der Waals surface area contributed by atoms with Crippen molar-refractivity contribution in [3.8, 4) is 0 Å². The van der Waals surface area contributed by atoms with Crippen LogP contribution in [0.1, 0.15) is 30.7 Å². The molecule has 106 valence electrons. The number of nitrogens with one attached hydrogen (secondary N) is 1. The molecule has 1 aromatic carbocycles. The first-order chi connectivity index (χ1) is 9.20. The van der Waals surface area contributed by atoms with Gasteiger partial charge in [-0.1, -0.05) is 30.3 Å². The lowest BCUT2D eigenvalue weighted by Crippen LogP contribution is -2.44. The van der Waals surface area contributed by atoms with E-state index in [9.17, 15) is 8.78 Å². The molecule has 0 radical (unpaired) electrons. The van der Waals surface area contributed by atoms with E-state index in [1.54, 1.807) is 0 Å². The Morgan fingerprint density at radius 3 is 2.63 bits per heavy atom. The predicted octanol–water partition coefficient (Wildman–Crippen LogP) is 3.19. The van der Waals surface area contributed by atoms with Crippen LogP contribution in [-0.4, -0.2) is 32.2 Å². The van der Waals surface area contributed by atoms with E-state index in [-0.39, 0.29) is 12.1 Å². The van der Waals surface area contributed by atoms with Crippen molar-refractivity contribution in [3.63, 3.8) is 0 Å². The van der Waals surface area contributed by atoms with Crippen LogP contribution >= 0.6 is 0 Å². The molecule has 4 heteroatoms. The Hall–Kier alpha value is -1.00. The molecular formula is C15H21F2NO. The van der Waals surface area contributed by atoms with Crippen LogP contribution in [0.3, 0.4) is 0 Å². The van der Waals surface area contributed by atoms with Gasteiger partial charge in [-0.3, -0.25) is 0 Å². The van der Waals surface area contributed by atoms with Crippen molar-refractivity contribution in [2.24, 2.45) is 0 Å². The fourth-order valence-electron chi connectivity index (χ4n) is 2.87. The van der Waals surface area contributed by atoms with Crippen molar-refractivity contribution in [2.75, 3.05) is 13.7 Å². The molecule has 0 spiro atoms. The van der Waals surface area contributed by atoms with Crippen LogP contribution in [0.4, 0.5) is 8.78 Å². The summed E-state index contributed by atoms with van der Waals surface area (Å²) in [7, 11) is 1.87. The highest BCUT2D eigenvalue weighted by molar-refractivity contribution is 5.20. The smallest absolute Gasteiger partial charge is 0.261 e. The Bertz CT molecular complexity index is 372. The standard InChI is InChI=1S/C15H21F2NO/c1-18-13-8-7-12(11-5-3-2-4-6-11)9-14(13)19-10-15(16)17/h2-6,12-15,18H,7-10H2,1H3. The largest absolute Gasteiger partial charge is 0.371 e. The Morgan fingerprint density at radius 2 is 2.00 bits per heavy atom. The highest BCUT2D eigenvalue weighted by atomic mass is 19.3. The van der Waals surface area contributed by atoms with Crippen LogP contribution in [0.15, 0.2) is 30.3 Å². The second kappa shape index (κ2) is 6.96. The zero-order valence-electron chi connectivity index (χ0n) is 11.2. The van der Waals surface area contributed by atoms with Crippen LogP contribution < -0.4 is 5.32 Å². The number of hydrogen-bond acceptors (Lipinski definition) is 2. The lowest BCUT2D eigenvalue weighted by atomic mass is 9.80. The molecule has 0 amide bonds. The summed E-state index contributed by atoms with van der Waals surface area (Å²) in [4.78, 5) is 0. The molecule has 1 aromatic rings. The van der Waals surface area contributed by atoms with Crippen LogP contribution in [0.2, 0.25) is 0 Å². The van der Waals surface area contributed by atoms with Crippen molar-refractivity contribution in [1.29, 1.82) is 0 Å². The van der Waals surface area contributed by atoms with Crippen LogP contribution in [-0.2, 0) is 4.74 Å². The van der Waals surface area contributed by atoms with Gasteiger partial charge in [-0.25, -0.2) is 8.78 Å². The Kier molecular flexibility index (Phi) is 5.28. The highest BCUT2D eigenvalue weighted by Gasteiger charge is 2.31. The first-order valence-corrected chi connectivity index (χ1v) is 6.82. The maximum Gasteiger partial charge on any atom is 0.261 e. The van der Waals surface area contributed by atoms with Gasteiger partial charge in [0.15, 0.2) is 0 Å². The average Bonchev–Trinajstić information content (AvgIpc) is 2.45. The predicted molar refractivity (Wildman–Crippen MR) is 71.6 cm³/mol. The molecule has 19 heavy (non-hydrogen) atoms. The zero-order chi connectivity index (χ0) is 13.7. The molecular weight excluding hydrogens is 248 g/mol. The molecule has 0 bridgehead atoms. The minimum atomic E-state index is -2.39. The van der Waals surface area contributed by atoms with Gasteiger partial charge < -0.3 is 10.1 Å². The second-order valence-corrected chi connectivity index (χ2v) is 5.08. The normalized spacial score (nSPS) is 27.7. The van der Waals surface area contributed by atoms with Gasteiger partial charge >= 0.3 is 0 Å². The van der Waals surface area contributed by atoms with Gasteiger partial charge in [-0.05, 0) is 37.8 Å². The minimum absolute atomic E-state index is 0.127. The maximum absolute atomic E-state index is 12.3.